The molecule has 7 nitrogen and oxygen atoms in total. The zero-order valence-corrected chi connectivity index (χ0v) is 19.7. The second kappa shape index (κ2) is 11.5. The number of hydrogen-bond donors (Lipinski definition) is 0. The molecule has 0 N–H and O–H groups in total. The van der Waals surface area contributed by atoms with E-state index in [1.165, 1.54) is 0 Å². The van der Waals surface area contributed by atoms with Crippen LogP contribution in [0.1, 0.15) is 45.1 Å². The largest absolute Gasteiger partial charge is 0.490 e. The maximum Gasteiger partial charge on any atom is 0.236 e. The van der Waals surface area contributed by atoms with Crippen molar-refractivity contribution in [3.63, 3.8) is 0 Å². The number of carbonyl (C=O) groups excluding carboxylic acids is 1. The third kappa shape index (κ3) is 6.68. The molecule has 0 saturated carbocycles. The summed E-state index contributed by atoms with van der Waals surface area (Å²) in [6, 6.07) is 11.7. The molecule has 0 radical (unpaired) electrons. The van der Waals surface area contributed by atoms with Gasteiger partial charge >= 0.3 is 0 Å². The van der Waals surface area contributed by atoms with Crippen LogP contribution in [-0.4, -0.2) is 65.7 Å². The van der Waals surface area contributed by atoms with Gasteiger partial charge in [0.15, 0.2) is 11.5 Å². The van der Waals surface area contributed by atoms with Crippen molar-refractivity contribution in [1.82, 2.24) is 14.8 Å². The predicted molar refractivity (Wildman–Crippen MR) is 127 cm³/mol. The lowest BCUT2D eigenvalue weighted by Crippen LogP contribution is -2.51. The fraction of sp³-hybridized carbons (Fsp3) is 0.538. The van der Waals surface area contributed by atoms with E-state index in [4.69, 9.17) is 14.2 Å². The lowest BCUT2D eigenvalue weighted by molar-refractivity contribution is -0.144. The summed E-state index contributed by atoms with van der Waals surface area (Å²) in [5.41, 5.74) is 0.959. The van der Waals surface area contributed by atoms with Crippen molar-refractivity contribution in [3.8, 4) is 17.4 Å². The summed E-state index contributed by atoms with van der Waals surface area (Å²) >= 11 is 0. The number of carbonyl (C=O) groups is 1. The van der Waals surface area contributed by atoms with Crippen molar-refractivity contribution < 1.29 is 19.0 Å². The van der Waals surface area contributed by atoms with Crippen molar-refractivity contribution in [2.75, 3.05) is 32.8 Å². The summed E-state index contributed by atoms with van der Waals surface area (Å²) in [6.07, 6.45) is 6.10. The van der Waals surface area contributed by atoms with Crippen LogP contribution < -0.4 is 9.47 Å². The molecule has 2 aromatic rings. The molecule has 0 bridgehead atoms. The molecule has 7 heteroatoms. The first-order chi connectivity index (χ1) is 16.1. The van der Waals surface area contributed by atoms with Crippen LogP contribution in [0.5, 0.6) is 17.4 Å². The average Bonchev–Trinajstić information content (AvgIpc) is 2.79. The van der Waals surface area contributed by atoms with Gasteiger partial charge in [0, 0.05) is 31.4 Å². The molecular weight excluding hydrogens is 418 g/mol. The summed E-state index contributed by atoms with van der Waals surface area (Å²) in [5.74, 6) is 2.10. The fourth-order valence-corrected chi connectivity index (χ4v) is 4.50. The van der Waals surface area contributed by atoms with Gasteiger partial charge in [0.05, 0.1) is 25.4 Å². The highest BCUT2D eigenvalue weighted by atomic mass is 16.5. The molecule has 2 aliphatic rings. The van der Waals surface area contributed by atoms with Crippen LogP contribution in [-0.2, 0) is 16.1 Å². The fourth-order valence-electron chi connectivity index (χ4n) is 4.50. The Morgan fingerprint density at radius 2 is 1.76 bits per heavy atom. The number of benzene rings is 1. The molecule has 178 valence electrons. The highest BCUT2D eigenvalue weighted by Gasteiger charge is 2.27. The van der Waals surface area contributed by atoms with Crippen molar-refractivity contribution in [3.05, 3.63) is 48.2 Å². The van der Waals surface area contributed by atoms with Gasteiger partial charge in [-0.05, 0) is 51.4 Å². The third-order valence-corrected chi connectivity index (χ3v) is 6.06. The Labute approximate surface area is 196 Å². The molecule has 4 rings (SSSR count). The lowest BCUT2D eigenvalue weighted by atomic mass is 10.1. The quantitative estimate of drug-likeness (QED) is 0.677. The molecule has 2 aliphatic heterocycles. The van der Waals surface area contributed by atoms with Gasteiger partial charge in [-0.3, -0.25) is 9.69 Å². The minimum Gasteiger partial charge on any atom is -0.490 e. The van der Waals surface area contributed by atoms with Crippen LogP contribution in [0.25, 0.3) is 0 Å². The molecule has 0 aliphatic carbocycles. The van der Waals surface area contributed by atoms with E-state index in [1.807, 2.05) is 55.1 Å². The summed E-state index contributed by atoms with van der Waals surface area (Å²) in [7, 11) is 0. The van der Waals surface area contributed by atoms with Crippen LogP contribution in [0.3, 0.4) is 0 Å². The summed E-state index contributed by atoms with van der Waals surface area (Å²) < 4.78 is 18.0. The highest BCUT2D eigenvalue weighted by molar-refractivity contribution is 5.78. The van der Waals surface area contributed by atoms with E-state index in [-0.39, 0.29) is 18.1 Å². The number of amides is 1. The molecule has 33 heavy (non-hydrogen) atoms. The molecule has 1 fully saturated rings. The molecular formula is C26H35N3O4. The summed E-state index contributed by atoms with van der Waals surface area (Å²) in [6.45, 7) is 7.85. The molecule has 0 spiro atoms. The van der Waals surface area contributed by atoms with Crippen molar-refractivity contribution in [2.45, 2.75) is 58.3 Å². The Morgan fingerprint density at radius 3 is 2.58 bits per heavy atom. The van der Waals surface area contributed by atoms with Gasteiger partial charge in [-0.15, -0.1) is 0 Å². The van der Waals surface area contributed by atoms with E-state index >= 15 is 0 Å². The van der Waals surface area contributed by atoms with Crippen molar-refractivity contribution in [1.29, 1.82) is 0 Å². The average molecular weight is 454 g/mol. The van der Waals surface area contributed by atoms with E-state index < -0.39 is 0 Å². The predicted octanol–water partition coefficient (Wildman–Crippen LogP) is 4.26. The lowest BCUT2D eigenvalue weighted by Gasteiger charge is -2.36. The highest BCUT2D eigenvalue weighted by Crippen LogP contribution is 2.32. The minimum atomic E-state index is 0.0670. The monoisotopic (exact) mass is 453 g/mol. The summed E-state index contributed by atoms with van der Waals surface area (Å²) in [5, 5.41) is 0. The Hall–Kier alpha value is -2.64. The number of nitrogens with zero attached hydrogens (tertiary/aromatic N) is 3. The minimum absolute atomic E-state index is 0.0670. The van der Waals surface area contributed by atoms with Gasteiger partial charge in [0.25, 0.3) is 0 Å². The Kier molecular flexibility index (Phi) is 8.18. The van der Waals surface area contributed by atoms with Gasteiger partial charge < -0.3 is 19.1 Å². The van der Waals surface area contributed by atoms with E-state index in [0.717, 1.165) is 43.5 Å². The number of hydrogen-bond acceptors (Lipinski definition) is 6. The first-order valence-electron chi connectivity index (χ1n) is 12.1. The Morgan fingerprint density at radius 1 is 1.00 bits per heavy atom. The standard InChI is InChI=1S/C26H35N3O4/c1-20-16-29(17-21(2)32-20)25(30)19-28-14-7-3-4-8-15-31-23-11-5-6-12-24(23)33-26-22(18-28)10-9-13-27-26/h5-6,9-13,20-21H,3-4,7-8,14-19H2,1-2H3. The van der Waals surface area contributed by atoms with Gasteiger partial charge in [-0.25, -0.2) is 4.98 Å². The van der Waals surface area contributed by atoms with E-state index in [9.17, 15) is 4.79 Å². The van der Waals surface area contributed by atoms with E-state index in [2.05, 4.69) is 9.88 Å². The zero-order chi connectivity index (χ0) is 23.0. The number of rotatable bonds is 2. The van der Waals surface area contributed by atoms with Crippen LogP contribution in [0.2, 0.25) is 0 Å². The smallest absolute Gasteiger partial charge is 0.236 e. The van der Waals surface area contributed by atoms with E-state index in [1.54, 1.807) is 6.20 Å². The maximum atomic E-state index is 13.2. The topological polar surface area (TPSA) is 64.1 Å². The number of aromatic nitrogens is 1. The number of ether oxygens (including phenoxy) is 3. The van der Waals surface area contributed by atoms with E-state index in [0.29, 0.717) is 44.4 Å². The van der Waals surface area contributed by atoms with Gasteiger partial charge in [-0.2, -0.15) is 0 Å². The molecule has 2 unspecified atom stereocenters. The van der Waals surface area contributed by atoms with Crippen LogP contribution >= 0.6 is 0 Å². The number of para-hydroxylation sites is 2. The second-order valence-electron chi connectivity index (χ2n) is 9.05. The molecule has 1 aromatic heterocycles. The summed E-state index contributed by atoms with van der Waals surface area (Å²) in [4.78, 5) is 21.8. The Balaban J connectivity index is 1.53. The molecule has 2 atom stereocenters. The first-order valence-corrected chi connectivity index (χ1v) is 12.1. The zero-order valence-electron chi connectivity index (χ0n) is 19.7. The van der Waals surface area contributed by atoms with Gasteiger partial charge in [0.1, 0.15) is 0 Å². The molecule has 3 heterocycles. The third-order valence-electron chi connectivity index (χ3n) is 6.06. The van der Waals surface area contributed by atoms with Crippen molar-refractivity contribution >= 4 is 5.91 Å². The Bertz CT molecular complexity index is 912. The molecule has 1 amide bonds. The van der Waals surface area contributed by atoms with Gasteiger partial charge in [0.2, 0.25) is 11.8 Å². The molecule has 1 aromatic carbocycles. The first kappa shape index (κ1) is 23.5. The molecule has 1 saturated heterocycles. The van der Waals surface area contributed by atoms with Crippen LogP contribution in [0.15, 0.2) is 42.6 Å². The van der Waals surface area contributed by atoms with Crippen molar-refractivity contribution in [2.24, 2.45) is 0 Å². The SMILES string of the molecule is CC1CN(C(=O)CN2CCCCCCOc3ccccc3Oc3ncccc3C2)CC(C)O1. The van der Waals surface area contributed by atoms with Crippen LogP contribution in [0.4, 0.5) is 0 Å². The number of pyridine rings is 1. The normalized spacial score (nSPS) is 22.8. The second-order valence-corrected chi connectivity index (χ2v) is 9.05. The maximum absolute atomic E-state index is 13.2. The number of fused-ring (bicyclic) bond motifs is 2. The number of morpholine rings is 1. The van der Waals surface area contributed by atoms with Gasteiger partial charge in [-0.1, -0.05) is 31.0 Å². The van der Waals surface area contributed by atoms with Crippen LogP contribution in [0, 0.1) is 0 Å².